The van der Waals surface area contributed by atoms with Gasteiger partial charge in [-0.15, -0.1) is 0 Å². The molecule has 39 heavy (non-hydrogen) atoms. The first-order chi connectivity index (χ1) is 17.8. The van der Waals surface area contributed by atoms with Crippen LogP contribution in [-0.4, -0.2) is 29.4 Å². The van der Waals surface area contributed by atoms with Gasteiger partial charge in [0.1, 0.15) is 5.60 Å². The van der Waals surface area contributed by atoms with E-state index in [0.717, 1.165) is 19.4 Å². The summed E-state index contributed by atoms with van der Waals surface area (Å²) >= 11 is 0. The van der Waals surface area contributed by atoms with Crippen molar-refractivity contribution in [1.82, 2.24) is 5.32 Å². The Labute approximate surface area is 239 Å². The fourth-order valence-corrected chi connectivity index (χ4v) is 11.2. The number of fused-ring (bicyclic) bond motifs is 7. The maximum Gasteiger partial charge on any atom is 0.407 e. The molecule has 5 aliphatic rings. The average molecular weight is 542 g/mol. The zero-order valence-electron chi connectivity index (χ0n) is 26.9. The first-order valence-corrected chi connectivity index (χ1v) is 16.2. The largest absolute Gasteiger partial charge is 0.444 e. The molecule has 0 aromatic carbocycles. The minimum Gasteiger partial charge on any atom is -0.444 e. The van der Waals surface area contributed by atoms with E-state index in [1.807, 2.05) is 20.8 Å². The highest BCUT2D eigenvalue weighted by molar-refractivity contribution is 5.67. The van der Waals surface area contributed by atoms with E-state index in [4.69, 9.17) is 4.74 Å². The average Bonchev–Trinajstić information content (AvgIpc) is 2.80. The highest BCUT2D eigenvalue weighted by Gasteiger charge is 2.68. The lowest BCUT2D eigenvalue weighted by atomic mass is 9.33. The van der Waals surface area contributed by atoms with Crippen molar-refractivity contribution in [1.29, 1.82) is 0 Å². The van der Waals surface area contributed by atoms with E-state index in [9.17, 15) is 9.90 Å². The van der Waals surface area contributed by atoms with Crippen LogP contribution >= 0.6 is 0 Å². The molecule has 0 radical (unpaired) electrons. The fourth-order valence-electron chi connectivity index (χ4n) is 11.2. The van der Waals surface area contributed by atoms with E-state index < -0.39 is 5.60 Å². The smallest absolute Gasteiger partial charge is 0.407 e. The Balaban J connectivity index is 1.49. The Morgan fingerprint density at radius 3 is 2.28 bits per heavy atom. The Bertz CT molecular complexity index is 1020. The summed E-state index contributed by atoms with van der Waals surface area (Å²) in [7, 11) is 0. The Morgan fingerprint density at radius 1 is 0.949 bits per heavy atom. The molecule has 0 spiro atoms. The maximum absolute atomic E-state index is 12.8. The molecule has 0 aliphatic heterocycles. The van der Waals surface area contributed by atoms with Gasteiger partial charge in [0.15, 0.2) is 0 Å². The second kappa shape index (κ2) is 8.98. The third-order valence-corrected chi connectivity index (χ3v) is 13.8. The van der Waals surface area contributed by atoms with Crippen molar-refractivity contribution < 1.29 is 14.6 Å². The van der Waals surface area contributed by atoms with Crippen LogP contribution in [0.1, 0.15) is 133 Å². The van der Waals surface area contributed by atoms with Crippen LogP contribution < -0.4 is 5.32 Å². The maximum atomic E-state index is 12.8. The zero-order valence-corrected chi connectivity index (χ0v) is 26.9. The lowest BCUT2D eigenvalue weighted by Gasteiger charge is -2.71. The lowest BCUT2D eigenvalue weighted by Crippen LogP contribution is -2.65. The highest BCUT2D eigenvalue weighted by atomic mass is 16.6. The molecule has 0 aromatic heterocycles. The van der Waals surface area contributed by atoms with Crippen molar-refractivity contribution in [2.24, 2.45) is 50.2 Å². The molecule has 222 valence electrons. The number of carbonyl (C=O) groups excluding carboxylic acids is 1. The summed E-state index contributed by atoms with van der Waals surface area (Å²) in [5.74, 6) is 1.76. The van der Waals surface area contributed by atoms with Crippen LogP contribution in [-0.2, 0) is 4.74 Å². The summed E-state index contributed by atoms with van der Waals surface area (Å²) in [6, 6.07) is 0. The molecular weight excluding hydrogens is 482 g/mol. The topological polar surface area (TPSA) is 58.6 Å². The zero-order chi connectivity index (χ0) is 28.9. The summed E-state index contributed by atoms with van der Waals surface area (Å²) in [6.07, 6.45) is 14.0. The number of aliphatic hydroxyl groups excluding tert-OH is 1. The molecule has 2 unspecified atom stereocenters. The van der Waals surface area contributed by atoms with Crippen LogP contribution in [0.15, 0.2) is 11.6 Å². The van der Waals surface area contributed by atoms with E-state index in [0.29, 0.717) is 23.2 Å². The van der Waals surface area contributed by atoms with Gasteiger partial charge >= 0.3 is 6.09 Å². The van der Waals surface area contributed by atoms with Crippen LogP contribution in [0.4, 0.5) is 4.79 Å². The van der Waals surface area contributed by atoms with Gasteiger partial charge in [0.05, 0.1) is 6.10 Å². The summed E-state index contributed by atoms with van der Waals surface area (Å²) in [5.41, 5.74) is 2.42. The molecule has 2 N–H and O–H groups in total. The van der Waals surface area contributed by atoms with Crippen molar-refractivity contribution in [3.8, 4) is 0 Å². The van der Waals surface area contributed by atoms with Gasteiger partial charge in [-0.05, 0) is 135 Å². The van der Waals surface area contributed by atoms with E-state index in [1.54, 1.807) is 5.57 Å². The molecule has 0 saturated heterocycles. The van der Waals surface area contributed by atoms with Gasteiger partial charge < -0.3 is 15.2 Å². The standard InChI is InChI=1S/C35H59NO3/c1-29(2,3)39-28(38)36-22-35-19-17-30(4,5)21-24(35)23-11-12-26-32(8)15-14-27(37)31(6,7)25(32)13-16-34(26,10)33(23,9)18-20-35/h11,24-27,37H,12-22H2,1-10H3,(H,36,38)/t24?,25-,26+,27?,32-,33+,34+,35+/m0/s1. The first kappa shape index (κ1) is 29.5. The van der Waals surface area contributed by atoms with Gasteiger partial charge in [0.25, 0.3) is 0 Å². The number of ether oxygens (including phenoxy) is 1. The summed E-state index contributed by atoms with van der Waals surface area (Å²) in [4.78, 5) is 12.8. The van der Waals surface area contributed by atoms with E-state index in [-0.39, 0.29) is 39.3 Å². The second-order valence-corrected chi connectivity index (χ2v) is 17.8. The van der Waals surface area contributed by atoms with E-state index >= 15 is 0 Å². The van der Waals surface area contributed by atoms with E-state index in [2.05, 4.69) is 59.9 Å². The predicted octanol–water partition coefficient (Wildman–Crippen LogP) is 8.67. The van der Waals surface area contributed by atoms with Crippen molar-refractivity contribution in [3.63, 3.8) is 0 Å². The lowest BCUT2D eigenvalue weighted by molar-refractivity contribution is -0.203. The van der Waals surface area contributed by atoms with Gasteiger partial charge in [-0.3, -0.25) is 0 Å². The van der Waals surface area contributed by atoms with Crippen LogP contribution in [0.25, 0.3) is 0 Å². The predicted molar refractivity (Wildman–Crippen MR) is 159 cm³/mol. The van der Waals surface area contributed by atoms with Crippen LogP contribution in [0.3, 0.4) is 0 Å². The molecule has 0 bridgehead atoms. The molecule has 1 amide bonds. The molecule has 0 aromatic rings. The van der Waals surface area contributed by atoms with Crippen molar-refractivity contribution in [2.75, 3.05) is 6.54 Å². The Morgan fingerprint density at radius 2 is 1.62 bits per heavy atom. The molecule has 8 atom stereocenters. The van der Waals surface area contributed by atoms with Gasteiger partial charge in [-0.2, -0.15) is 0 Å². The Kier molecular flexibility index (Phi) is 6.79. The number of aliphatic hydroxyl groups is 1. The Hall–Kier alpha value is -1.03. The minimum absolute atomic E-state index is 0.0122. The van der Waals surface area contributed by atoms with Gasteiger partial charge in [0, 0.05) is 6.54 Å². The highest BCUT2D eigenvalue weighted by Crippen LogP contribution is 2.75. The van der Waals surface area contributed by atoms with E-state index in [1.165, 1.54) is 51.4 Å². The van der Waals surface area contributed by atoms with Crippen molar-refractivity contribution >= 4 is 6.09 Å². The number of hydrogen-bond donors (Lipinski definition) is 2. The molecule has 0 heterocycles. The molecule has 4 fully saturated rings. The molecule has 5 rings (SSSR count). The van der Waals surface area contributed by atoms with Crippen molar-refractivity contribution in [2.45, 2.75) is 145 Å². The van der Waals surface area contributed by atoms with Gasteiger partial charge in [-0.25, -0.2) is 4.79 Å². The number of alkyl carbamates (subject to hydrolysis) is 1. The van der Waals surface area contributed by atoms with Crippen molar-refractivity contribution in [3.05, 3.63) is 11.6 Å². The monoisotopic (exact) mass is 541 g/mol. The summed E-state index contributed by atoms with van der Waals surface area (Å²) in [6.45, 7) is 24.0. The molecule has 4 nitrogen and oxygen atoms in total. The van der Waals surface area contributed by atoms with Crippen LogP contribution in [0.2, 0.25) is 0 Å². The second-order valence-electron chi connectivity index (χ2n) is 17.8. The summed E-state index contributed by atoms with van der Waals surface area (Å²) < 4.78 is 5.66. The van der Waals surface area contributed by atoms with Crippen LogP contribution in [0, 0.1) is 50.2 Å². The molecule has 4 heteroatoms. The van der Waals surface area contributed by atoms with Crippen LogP contribution in [0.5, 0.6) is 0 Å². The number of hydrogen-bond acceptors (Lipinski definition) is 3. The summed E-state index contributed by atoms with van der Waals surface area (Å²) in [5, 5.41) is 14.2. The first-order valence-electron chi connectivity index (χ1n) is 16.2. The number of carbonyl (C=O) groups is 1. The number of rotatable bonds is 2. The molecule has 4 saturated carbocycles. The number of allylic oxidation sites excluding steroid dienone is 2. The number of amides is 1. The third kappa shape index (κ3) is 4.43. The third-order valence-electron chi connectivity index (χ3n) is 13.8. The SMILES string of the molecule is CC1(C)CC[C@]2(CNC(=O)OC(C)(C)C)CC[C@]3(C)C(=CC[C@@H]4[C@@]5(C)CCC(O)C(C)(C)[C@@H]5CC[C@]43C)C2C1. The quantitative estimate of drug-likeness (QED) is 0.344. The number of nitrogens with one attached hydrogen (secondary N) is 1. The minimum atomic E-state index is -0.477. The molecular formula is C35H59NO3. The fraction of sp³-hybridized carbons (Fsp3) is 0.914. The molecule has 5 aliphatic carbocycles. The van der Waals surface area contributed by atoms with Gasteiger partial charge in [-0.1, -0.05) is 60.1 Å². The van der Waals surface area contributed by atoms with Gasteiger partial charge in [0.2, 0.25) is 0 Å². The normalized spacial score (nSPS) is 46.5.